The van der Waals surface area contributed by atoms with Crippen molar-refractivity contribution in [2.24, 2.45) is 5.73 Å². The van der Waals surface area contributed by atoms with Crippen molar-refractivity contribution in [3.05, 3.63) is 12.0 Å². The fourth-order valence-corrected chi connectivity index (χ4v) is 2.35. The van der Waals surface area contributed by atoms with Crippen molar-refractivity contribution in [2.45, 2.75) is 36.8 Å². The smallest absolute Gasteiger partial charge is 0.327 e. The quantitative estimate of drug-likeness (QED) is 0.312. The normalized spacial score (nSPS) is 41.2. The molecule has 21 heavy (non-hydrogen) atoms. The van der Waals surface area contributed by atoms with E-state index in [1.165, 1.54) is 7.05 Å². The van der Waals surface area contributed by atoms with E-state index in [1.807, 2.05) is 0 Å². The third-order valence-corrected chi connectivity index (χ3v) is 3.59. The Balaban J connectivity index is 2.31. The summed E-state index contributed by atoms with van der Waals surface area (Å²) in [4.78, 5) is 14.0. The summed E-state index contributed by atoms with van der Waals surface area (Å²) in [7, 11) is 1.36. The zero-order chi connectivity index (χ0) is 15.9. The summed E-state index contributed by atoms with van der Waals surface area (Å²) in [6.45, 7) is -0.629. The zero-order valence-corrected chi connectivity index (χ0v) is 11.3. The summed E-state index contributed by atoms with van der Waals surface area (Å²) in [5.74, 6) is -0.339. The van der Waals surface area contributed by atoms with Gasteiger partial charge in [-0.1, -0.05) is 0 Å². The fraction of sp³-hybridized carbons (Fsp3) is 0.727. The molecule has 2 aliphatic rings. The van der Waals surface area contributed by atoms with Crippen molar-refractivity contribution in [3.63, 3.8) is 0 Å². The van der Waals surface area contributed by atoms with Crippen LogP contribution in [0.5, 0.6) is 0 Å². The number of urea groups is 1. The van der Waals surface area contributed by atoms with Crippen LogP contribution >= 0.6 is 0 Å². The number of carbonyl (C=O) groups is 1. The lowest BCUT2D eigenvalue weighted by molar-refractivity contribution is -0.262. The molecule has 6 atom stereocenters. The highest BCUT2D eigenvalue weighted by Crippen LogP contribution is 2.27. The molecule has 0 aliphatic carbocycles. The molecule has 120 valence electrons. The van der Waals surface area contributed by atoms with Crippen LogP contribution in [0.4, 0.5) is 4.79 Å². The van der Waals surface area contributed by atoms with E-state index in [9.17, 15) is 25.2 Å². The van der Waals surface area contributed by atoms with Crippen LogP contribution in [-0.4, -0.2) is 91.8 Å². The van der Waals surface area contributed by atoms with Crippen LogP contribution in [0.25, 0.3) is 0 Å². The summed E-state index contributed by atoms with van der Waals surface area (Å²) < 4.78 is 5.26. The Hall–Kier alpha value is -1.43. The lowest BCUT2D eigenvalue weighted by Crippen LogP contribution is -2.68. The second kappa shape index (κ2) is 5.75. The predicted molar refractivity (Wildman–Crippen MR) is 67.5 cm³/mol. The summed E-state index contributed by atoms with van der Waals surface area (Å²) in [5, 5.41) is 48.3. The van der Waals surface area contributed by atoms with Gasteiger partial charge < -0.3 is 40.9 Å². The van der Waals surface area contributed by atoms with Gasteiger partial charge in [0.15, 0.2) is 6.23 Å². The molecular formula is C11H19N3O7. The average molecular weight is 305 g/mol. The van der Waals surface area contributed by atoms with Crippen molar-refractivity contribution in [3.8, 4) is 0 Å². The highest BCUT2D eigenvalue weighted by atomic mass is 16.6. The van der Waals surface area contributed by atoms with Gasteiger partial charge in [-0.15, -0.1) is 0 Å². The molecule has 1 saturated heterocycles. The number of hydrogen-bond donors (Lipinski definition) is 6. The minimum atomic E-state index is -1.66. The van der Waals surface area contributed by atoms with Gasteiger partial charge in [0.05, 0.1) is 6.61 Å². The third-order valence-electron chi connectivity index (χ3n) is 3.59. The van der Waals surface area contributed by atoms with E-state index in [-0.39, 0.29) is 5.76 Å². The number of aliphatic hydroxyl groups is 5. The monoisotopic (exact) mass is 305 g/mol. The Kier molecular flexibility index (Phi) is 4.37. The van der Waals surface area contributed by atoms with Crippen molar-refractivity contribution in [2.75, 3.05) is 13.7 Å². The number of hydrogen-bond acceptors (Lipinski definition) is 8. The molecule has 2 rings (SSSR count). The van der Waals surface area contributed by atoms with Gasteiger partial charge in [0.25, 0.3) is 0 Å². The molecule has 2 aliphatic heterocycles. The lowest BCUT2D eigenvalue weighted by Gasteiger charge is -2.47. The molecule has 2 amide bonds. The van der Waals surface area contributed by atoms with Crippen LogP contribution < -0.4 is 5.73 Å². The minimum Gasteiger partial charge on any atom is -0.507 e. The minimum absolute atomic E-state index is 0.339. The Morgan fingerprint density at radius 3 is 2.48 bits per heavy atom. The highest BCUT2D eigenvalue weighted by Gasteiger charge is 2.50. The Bertz CT molecular complexity index is 444. The summed E-state index contributed by atoms with van der Waals surface area (Å²) >= 11 is 0. The van der Waals surface area contributed by atoms with Crippen LogP contribution in [0.2, 0.25) is 0 Å². The first kappa shape index (κ1) is 15.9. The number of aliphatic hydroxyl groups excluding tert-OH is 5. The summed E-state index contributed by atoms with van der Waals surface area (Å²) in [6.07, 6.45) is -7.60. The first-order valence-electron chi connectivity index (χ1n) is 6.31. The van der Waals surface area contributed by atoms with E-state index in [2.05, 4.69) is 0 Å². The van der Waals surface area contributed by atoms with Crippen LogP contribution in [0.1, 0.15) is 0 Å². The van der Waals surface area contributed by atoms with Crippen molar-refractivity contribution in [1.82, 2.24) is 9.80 Å². The highest BCUT2D eigenvalue weighted by molar-refractivity contribution is 5.77. The van der Waals surface area contributed by atoms with Crippen LogP contribution in [0.3, 0.4) is 0 Å². The fourth-order valence-electron chi connectivity index (χ4n) is 2.35. The van der Waals surface area contributed by atoms with Gasteiger partial charge in [0, 0.05) is 13.2 Å². The number of amides is 2. The Morgan fingerprint density at radius 1 is 1.29 bits per heavy atom. The molecule has 7 N–H and O–H groups in total. The van der Waals surface area contributed by atoms with E-state index in [0.717, 1.165) is 16.0 Å². The third kappa shape index (κ3) is 2.57. The van der Waals surface area contributed by atoms with E-state index in [0.29, 0.717) is 0 Å². The van der Waals surface area contributed by atoms with Gasteiger partial charge in [-0.3, -0.25) is 4.90 Å². The molecule has 0 aromatic heterocycles. The second-order valence-corrected chi connectivity index (χ2v) is 5.02. The Morgan fingerprint density at radius 2 is 1.90 bits per heavy atom. The van der Waals surface area contributed by atoms with Gasteiger partial charge in [0.2, 0.25) is 0 Å². The molecule has 0 aromatic carbocycles. The van der Waals surface area contributed by atoms with Gasteiger partial charge >= 0.3 is 6.03 Å². The van der Waals surface area contributed by atoms with Crippen molar-refractivity contribution < 1.29 is 35.1 Å². The van der Waals surface area contributed by atoms with Crippen LogP contribution in [-0.2, 0) is 4.74 Å². The van der Waals surface area contributed by atoms with E-state index < -0.39 is 49.4 Å². The number of nitrogens with zero attached hydrogens (tertiary/aromatic N) is 2. The van der Waals surface area contributed by atoms with Crippen LogP contribution in [0, 0.1) is 0 Å². The standard InChI is InChI=1S/C11H19N3O7/c1-13-2-4(16)9(12)14(11(13)20)10-8(19)7(18)6(17)5(3-15)21-10/h2,5-10,15-19H,3,12H2,1H3/t5-,6-,7+,8-,9?,10?/m1/s1. The zero-order valence-electron chi connectivity index (χ0n) is 11.3. The Labute approximate surface area is 120 Å². The molecule has 0 saturated carbocycles. The van der Waals surface area contributed by atoms with Crippen LogP contribution in [0.15, 0.2) is 12.0 Å². The summed E-state index contributed by atoms with van der Waals surface area (Å²) in [5.41, 5.74) is 5.70. The molecule has 2 heterocycles. The number of ether oxygens (including phenoxy) is 1. The molecule has 10 nitrogen and oxygen atoms in total. The van der Waals surface area contributed by atoms with Crippen molar-refractivity contribution >= 4 is 6.03 Å². The molecule has 0 bridgehead atoms. The van der Waals surface area contributed by atoms with E-state index in [4.69, 9.17) is 15.6 Å². The average Bonchev–Trinajstić information content (AvgIpc) is 2.45. The molecule has 10 heteroatoms. The van der Waals surface area contributed by atoms with Gasteiger partial charge in [-0.05, 0) is 0 Å². The molecule has 2 unspecified atom stereocenters. The first-order chi connectivity index (χ1) is 9.79. The maximum absolute atomic E-state index is 12.1. The lowest BCUT2D eigenvalue weighted by atomic mass is 9.97. The van der Waals surface area contributed by atoms with Crippen molar-refractivity contribution in [1.29, 1.82) is 0 Å². The molecular weight excluding hydrogens is 286 g/mol. The topological polar surface area (TPSA) is 160 Å². The molecule has 0 radical (unpaired) electrons. The second-order valence-electron chi connectivity index (χ2n) is 5.02. The summed E-state index contributed by atoms with van der Waals surface area (Å²) in [6, 6.07) is -0.676. The van der Waals surface area contributed by atoms with Gasteiger partial charge in [-0.2, -0.15) is 0 Å². The number of carbonyl (C=O) groups excluding carboxylic acids is 1. The number of nitrogens with two attached hydrogens (primary N) is 1. The molecule has 0 aromatic rings. The predicted octanol–water partition coefficient (Wildman–Crippen LogP) is -3.16. The number of rotatable bonds is 2. The van der Waals surface area contributed by atoms with E-state index >= 15 is 0 Å². The van der Waals surface area contributed by atoms with Gasteiger partial charge in [-0.25, -0.2) is 4.79 Å². The molecule has 0 spiro atoms. The largest absolute Gasteiger partial charge is 0.507 e. The first-order valence-corrected chi connectivity index (χ1v) is 6.31. The molecule has 1 fully saturated rings. The SMILES string of the molecule is CN1C=C(O)C(N)N(C2O[C@H](CO)[C@@H](O)[C@H](O)[C@H]2O)C1=O. The van der Waals surface area contributed by atoms with E-state index in [1.54, 1.807) is 0 Å². The van der Waals surface area contributed by atoms with Gasteiger partial charge in [0.1, 0.15) is 36.3 Å². The maximum atomic E-state index is 12.1. The maximum Gasteiger partial charge on any atom is 0.327 e.